The average molecular weight is 268 g/mol. The Morgan fingerprint density at radius 1 is 1.00 bits per heavy atom. The minimum absolute atomic E-state index is 0.749. The number of rotatable bonds is 0. The van der Waals surface area contributed by atoms with Gasteiger partial charge in [-0.3, -0.25) is 0 Å². The summed E-state index contributed by atoms with van der Waals surface area (Å²) >= 11 is 7.49. The second-order valence-electron chi connectivity index (χ2n) is 3.64. The third-order valence-corrected chi connectivity index (χ3v) is 5.97. The number of halogens is 2. The second-order valence-corrected chi connectivity index (χ2v) is 5.87. The molecule has 0 aromatic rings. The minimum Gasteiger partial charge on any atom is -0.0878 e. The maximum absolute atomic E-state index is 3.76. The first-order valence-corrected chi connectivity index (χ1v) is 5.88. The standard InChI is InChI=1S/C8H12Br2/c9-7-4-5-1-2-6(3-5)8(7)10/h5-8H,1-4H2/t5-,6+,7-,8-/m1/s1. The van der Waals surface area contributed by atoms with Crippen molar-refractivity contribution in [2.75, 3.05) is 0 Å². The number of hydrogen-bond donors (Lipinski definition) is 0. The van der Waals surface area contributed by atoms with E-state index in [-0.39, 0.29) is 0 Å². The Morgan fingerprint density at radius 2 is 1.80 bits per heavy atom. The SMILES string of the molecule is Br[C@@H]1[C@H]2CC[C@H](C2)C[C@H]1Br. The molecule has 0 heterocycles. The molecule has 0 aliphatic heterocycles. The molecule has 2 aliphatic rings. The van der Waals surface area contributed by atoms with Crippen LogP contribution in [0.1, 0.15) is 25.7 Å². The highest BCUT2D eigenvalue weighted by Gasteiger charge is 2.39. The normalized spacial score (nSPS) is 53.4. The molecule has 0 aromatic heterocycles. The monoisotopic (exact) mass is 266 g/mol. The second kappa shape index (κ2) is 2.78. The average Bonchev–Trinajstić information content (AvgIpc) is 2.29. The molecule has 2 bridgehead atoms. The molecule has 0 unspecified atom stereocenters. The molecule has 0 aromatic carbocycles. The summed E-state index contributed by atoms with van der Waals surface area (Å²) in [5.74, 6) is 2.02. The smallest absolute Gasteiger partial charge is 0.0299 e. The fourth-order valence-corrected chi connectivity index (χ4v) is 4.02. The van der Waals surface area contributed by atoms with Crippen LogP contribution in [-0.2, 0) is 0 Å². The Morgan fingerprint density at radius 3 is 2.60 bits per heavy atom. The van der Waals surface area contributed by atoms with Crippen LogP contribution in [0.4, 0.5) is 0 Å². The zero-order valence-corrected chi connectivity index (χ0v) is 9.07. The molecule has 2 heteroatoms. The molecule has 58 valence electrons. The first-order valence-electron chi connectivity index (χ1n) is 4.05. The summed E-state index contributed by atoms with van der Waals surface area (Å²) in [6.07, 6.45) is 5.82. The lowest BCUT2D eigenvalue weighted by Crippen LogP contribution is -2.27. The molecule has 4 atom stereocenters. The molecule has 0 spiro atoms. The van der Waals surface area contributed by atoms with Gasteiger partial charge in [0.15, 0.2) is 0 Å². The van der Waals surface area contributed by atoms with Gasteiger partial charge in [0, 0.05) is 9.65 Å². The van der Waals surface area contributed by atoms with Crippen LogP contribution >= 0.6 is 31.9 Å². The lowest BCUT2D eigenvalue weighted by Gasteiger charge is -2.28. The summed E-state index contributed by atoms with van der Waals surface area (Å²) in [5, 5.41) is 0. The topological polar surface area (TPSA) is 0 Å². The molecule has 2 aliphatic carbocycles. The van der Waals surface area contributed by atoms with E-state index in [1.807, 2.05) is 0 Å². The molecule has 2 saturated carbocycles. The fraction of sp³-hybridized carbons (Fsp3) is 1.00. The van der Waals surface area contributed by atoms with Gasteiger partial charge in [-0.15, -0.1) is 0 Å². The van der Waals surface area contributed by atoms with Crippen molar-refractivity contribution in [2.45, 2.75) is 35.3 Å². The van der Waals surface area contributed by atoms with Gasteiger partial charge in [-0.2, -0.15) is 0 Å². The Balaban J connectivity index is 2.09. The van der Waals surface area contributed by atoms with E-state index >= 15 is 0 Å². The molecule has 0 nitrogen and oxygen atoms in total. The van der Waals surface area contributed by atoms with Crippen molar-refractivity contribution in [1.29, 1.82) is 0 Å². The van der Waals surface area contributed by atoms with Crippen LogP contribution in [0.15, 0.2) is 0 Å². The van der Waals surface area contributed by atoms with Crippen molar-refractivity contribution in [1.82, 2.24) is 0 Å². The van der Waals surface area contributed by atoms with Crippen LogP contribution in [-0.4, -0.2) is 9.65 Å². The predicted molar refractivity (Wildman–Crippen MR) is 50.9 cm³/mol. The molecule has 2 rings (SSSR count). The van der Waals surface area contributed by atoms with Gasteiger partial charge in [0.05, 0.1) is 0 Å². The van der Waals surface area contributed by atoms with Crippen molar-refractivity contribution in [3.63, 3.8) is 0 Å². The van der Waals surface area contributed by atoms with Gasteiger partial charge >= 0.3 is 0 Å². The lowest BCUT2D eigenvalue weighted by atomic mass is 9.89. The van der Waals surface area contributed by atoms with E-state index in [1.165, 1.54) is 25.7 Å². The Kier molecular flexibility index (Phi) is 2.11. The van der Waals surface area contributed by atoms with E-state index in [0.717, 1.165) is 21.5 Å². The summed E-state index contributed by atoms with van der Waals surface area (Å²) in [6, 6.07) is 0. The fourth-order valence-electron chi connectivity index (χ4n) is 2.36. The summed E-state index contributed by atoms with van der Waals surface area (Å²) in [5.41, 5.74) is 0. The molecule has 0 N–H and O–H groups in total. The van der Waals surface area contributed by atoms with Gasteiger partial charge in [-0.25, -0.2) is 0 Å². The molecule has 0 amide bonds. The van der Waals surface area contributed by atoms with E-state index in [1.54, 1.807) is 0 Å². The number of alkyl halides is 2. The van der Waals surface area contributed by atoms with Crippen LogP contribution in [0.3, 0.4) is 0 Å². The van der Waals surface area contributed by atoms with Gasteiger partial charge in [0.2, 0.25) is 0 Å². The summed E-state index contributed by atoms with van der Waals surface area (Å²) in [4.78, 5) is 1.50. The van der Waals surface area contributed by atoms with Crippen LogP contribution in [0, 0.1) is 11.8 Å². The van der Waals surface area contributed by atoms with Crippen molar-refractivity contribution in [2.24, 2.45) is 11.8 Å². The van der Waals surface area contributed by atoms with Crippen molar-refractivity contribution >= 4 is 31.9 Å². The third-order valence-electron chi connectivity index (χ3n) is 2.94. The summed E-state index contributed by atoms with van der Waals surface area (Å²) in [6.45, 7) is 0. The van der Waals surface area contributed by atoms with Gasteiger partial charge in [0.1, 0.15) is 0 Å². The minimum atomic E-state index is 0.749. The van der Waals surface area contributed by atoms with Crippen LogP contribution in [0.25, 0.3) is 0 Å². The first kappa shape index (κ1) is 7.60. The van der Waals surface area contributed by atoms with Crippen LogP contribution in [0.2, 0.25) is 0 Å². The van der Waals surface area contributed by atoms with E-state index in [0.29, 0.717) is 0 Å². The Bertz CT molecular complexity index is 135. The van der Waals surface area contributed by atoms with E-state index in [2.05, 4.69) is 31.9 Å². The predicted octanol–water partition coefficient (Wildman–Crippen LogP) is 3.33. The molecule has 0 saturated heterocycles. The van der Waals surface area contributed by atoms with Crippen molar-refractivity contribution in [3.05, 3.63) is 0 Å². The highest BCUT2D eigenvalue weighted by Crippen LogP contribution is 2.47. The third kappa shape index (κ3) is 1.18. The van der Waals surface area contributed by atoms with E-state index < -0.39 is 0 Å². The summed E-state index contributed by atoms with van der Waals surface area (Å²) < 4.78 is 0. The number of fused-ring (bicyclic) bond motifs is 2. The van der Waals surface area contributed by atoms with E-state index in [9.17, 15) is 0 Å². The number of hydrogen-bond acceptors (Lipinski definition) is 0. The molecular formula is C8H12Br2. The quantitative estimate of drug-likeness (QED) is 0.591. The maximum Gasteiger partial charge on any atom is 0.0299 e. The van der Waals surface area contributed by atoms with Gasteiger partial charge in [-0.05, 0) is 31.1 Å². The molecular weight excluding hydrogens is 256 g/mol. The molecule has 0 radical (unpaired) electrons. The first-order chi connectivity index (χ1) is 4.77. The van der Waals surface area contributed by atoms with Crippen LogP contribution in [0.5, 0.6) is 0 Å². The summed E-state index contributed by atoms with van der Waals surface area (Å²) in [7, 11) is 0. The zero-order chi connectivity index (χ0) is 7.14. The van der Waals surface area contributed by atoms with E-state index in [4.69, 9.17) is 0 Å². The van der Waals surface area contributed by atoms with Gasteiger partial charge < -0.3 is 0 Å². The van der Waals surface area contributed by atoms with Crippen molar-refractivity contribution in [3.8, 4) is 0 Å². The molecule has 10 heavy (non-hydrogen) atoms. The largest absolute Gasteiger partial charge is 0.0878 e. The Labute approximate surface area is 79.0 Å². The lowest BCUT2D eigenvalue weighted by molar-refractivity contribution is 0.385. The Hall–Kier alpha value is 0.960. The maximum atomic E-state index is 3.76. The zero-order valence-electron chi connectivity index (χ0n) is 5.89. The van der Waals surface area contributed by atoms with Crippen molar-refractivity contribution < 1.29 is 0 Å². The van der Waals surface area contributed by atoms with Gasteiger partial charge in [-0.1, -0.05) is 38.3 Å². The van der Waals surface area contributed by atoms with Crippen LogP contribution < -0.4 is 0 Å². The van der Waals surface area contributed by atoms with Gasteiger partial charge in [0.25, 0.3) is 0 Å². The molecule has 2 fully saturated rings. The highest BCUT2D eigenvalue weighted by molar-refractivity contribution is 9.12. The highest BCUT2D eigenvalue weighted by atomic mass is 79.9.